The predicted molar refractivity (Wildman–Crippen MR) is 95.8 cm³/mol. The SMILES string of the molecule is COc1ccc(COC(=O)[C@@H](C)C/C(C)=C/[C@H](C)C[C@@H](C)O)cc1. The highest BCUT2D eigenvalue weighted by molar-refractivity contribution is 5.72. The molecule has 0 aliphatic carbocycles. The standard InChI is InChI=1S/C20H30O4/c1-14(10-15(2)12-17(4)21)11-16(3)20(22)24-13-18-6-8-19(23-5)9-7-18/h6-10,15-17,21H,11-13H2,1-5H3/b14-10+/t15-,16-,17+/m0/s1. The summed E-state index contributed by atoms with van der Waals surface area (Å²) in [5.41, 5.74) is 2.09. The first-order chi connectivity index (χ1) is 11.3. The average Bonchev–Trinajstić information content (AvgIpc) is 2.51. The number of carbonyl (C=O) groups excluding carboxylic acids is 1. The minimum Gasteiger partial charge on any atom is -0.497 e. The Morgan fingerprint density at radius 3 is 2.38 bits per heavy atom. The second kappa shape index (κ2) is 10.1. The quantitative estimate of drug-likeness (QED) is 0.545. The largest absolute Gasteiger partial charge is 0.497 e. The minimum atomic E-state index is -0.309. The number of hydrogen-bond acceptors (Lipinski definition) is 4. The molecular formula is C20H30O4. The summed E-state index contributed by atoms with van der Waals surface area (Å²) in [6, 6.07) is 7.48. The van der Waals surface area contributed by atoms with E-state index in [0.29, 0.717) is 12.3 Å². The van der Waals surface area contributed by atoms with Crippen molar-refractivity contribution in [3.05, 3.63) is 41.5 Å². The molecule has 0 saturated heterocycles. The van der Waals surface area contributed by atoms with Crippen molar-refractivity contribution in [3.8, 4) is 5.75 Å². The molecule has 0 spiro atoms. The molecule has 1 N–H and O–H groups in total. The molecule has 3 atom stereocenters. The molecule has 0 aliphatic heterocycles. The van der Waals surface area contributed by atoms with Crippen LogP contribution in [0.5, 0.6) is 5.75 Å². The topological polar surface area (TPSA) is 55.8 Å². The van der Waals surface area contributed by atoms with E-state index < -0.39 is 0 Å². The number of benzene rings is 1. The summed E-state index contributed by atoms with van der Waals surface area (Å²) in [6.45, 7) is 8.04. The van der Waals surface area contributed by atoms with Crippen molar-refractivity contribution in [3.63, 3.8) is 0 Å². The number of rotatable bonds is 9. The summed E-state index contributed by atoms with van der Waals surface area (Å²) in [4.78, 5) is 12.1. The van der Waals surface area contributed by atoms with Gasteiger partial charge in [0, 0.05) is 0 Å². The van der Waals surface area contributed by atoms with Gasteiger partial charge in [-0.25, -0.2) is 0 Å². The first-order valence-electron chi connectivity index (χ1n) is 8.46. The van der Waals surface area contributed by atoms with Crippen LogP contribution in [0.4, 0.5) is 0 Å². The first kappa shape index (κ1) is 20.2. The van der Waals surface area contributed by atoms with Gasteiger partial charge >= 0.3 is 5.97 Å². The summed E-state index contributed by atoms with van der Waals surface area (Å²) in [6.07, 6.45) is 3.22. The molecule has 0 amide bonds. The maximum Gasteiger partial charge on any atom is 0.309 e. The zero-order valence-corrected chi connectivity index (χ0v) is 15.4. The molecule has 0 fully saturated rings. The third-order valence-corrected chi connectivity index (χ3v) is 3.85. The van der Waals surface area contributed by atoms with Gasteiger partial charge in [0.25, 0.3) is 0 Å². The third-order valence-electron chi connectivity index (χ3n) is 3.85. The van der Waals surface area contributed by atoms with Crippen molar-refractivity contribution in [2.75, 3.05) is 7.11 Å². The molecule has 1 aromatic carbocycles. The number of methoxy groups -OCH3 is 1. The van der Waals surface area contributed by atoms with Gasteiger partial charge < -0.3 is 14.6 Å². The van der Waals surface area contributed by atoms with Crippen molar-refractivity contribution >= 4 is 5.97 Å². The fourth-order valence-electron chi connectivity index (χ4n) is 2.74. The Morgan fingerprint density at radius 1 is 1.21 bits per heavy atom. The highest BCUT2D eigenvalue weighted by Crippen LogP contribution is 2.18. The van der Waals surface area contributed by atoms with Crippen LogP contribution < -0.4 is 4.74 Å². The Labute approximate surface area is 145 Å². The Bertz CT molecular complexity index is 531. The lowest BCUT2D eigenvalue weighted by Crippen LogP contribution is -2.15. The molecule has 0 aromatic heterocycles. The zero-order valence-electron chi connectivity index (χ0n) is 15.4. The fourth-order valence-corrected chi connectivity index (χ4v) is 2.74. The van der Waals surface area contributed by atoms with E-state index in [4.69, 9.17) is 9.47 Å². The highest BCUT2D eigenvalue weighted by atomic mass is 16.5. The number of carbonyl (C=O) groups is 1. The molecule has 1 aromatic rings. The Kier molecular flexibility index (Phi) is 8.55. The zero-order chi connectivity index (χ0) is 18.1. The van der Waals surface area contributed by atoms with Crippen molar-refractivity contribution < 1.29 is 19.4 Å². The smallest absolute Gasteiger partial charge is 0.309 e. The Morgan fingerprint density at radius 2 is 1.83 bits per heavy atom. The lowest BCUT2D eigenvalue weighted by molar-refractivity contribution is -0.149. The van der Waals surface area contributed by atoms with E-state index in [1.165, 1.54) is 0 Å². The van der Waals surface area contributed by atoms with Gasteiger partial charge in [-0.2, -0.15) is 0 Å². The van der Waals surface area contributed by atoms with Crippen molar-refractivity contribution in [1.29, 1.82) is 0 Å². The second-order valence-electron chi connectivity index (χ2n) is 6.64. The molecule has 4 nitrogen and oxygen atoms in total. The molecule has 0 bridgehead atoms. The maximum absolute atomic E-state index is 12.1. The lowest BCUT2D eigenvalue weighted by atomic mass is 9.96. The van der Waals surface area contributed by atoms with Crippen LogP contribution in [-0.2, 0) is 16.1 Å². The van der Waals surface area contributed by atoms with Gasteiger partial charge in [0.2, 0.25) is 0 Å². The summed E-state index contributed by atoms with van der Waals surface area (Å²) >= 11 is 0. The highest BCUT2D eigenvalue weighted by Gasteiger charge is 2.15. The second-order valence-corrected chi connectivity index (χ2v) is 6.64. The summed E-state index contributed by atoms with van der Waals surface area (Å²) in [5.74, 6) is 0.707. The van der Waals surface area contributed by atoms with Crippen LogP contribution in [-0.4, -0.2) is 24.3 Å². The normalized spacial score (nSPS) is 15.5. The van der Waals surface area contributed by atoms with E-state index in [2.05, 4.69) is 13.0 Å². The molecule has 0 heterocycles. The van der Waals surface area contributed by atoms with Crippen LogP contribution in [0.3, 0.4) is 0 Å². The number of aliphatic hydroxyl groups excluding tert-OH is 1. The molecular weight excluding hydrogens is 304 g/mol. The van der Waals surface area contributed by atoms with E-state index >= 15 is 0 Å². The van der Waals surface area contributed by atoms with E-state index in [-0.39, 0.29) is 24.6 Å². The van der Waals surface area contributed by atoms with Gasteiger partial charge in [-0.15, -0.1) is 0 Å². The number of ether oxygens (including phenoxy) is 2. The van der Waals surface area contributed by atoms with Crippen molar-refractivity contribution in [2.24, 2.45) is 11.8 Å². The van der Waals surface area contributed by atoms with E-state index in [1.54, 1.807) is 14.0 Å². The van der Waals surface area contributed by atoms with E-state index in [0.717, 1.165) is 23.3 Å². The molecule has 0 aliphatic rings. The van der Waals surface area contributed by atoms with Crippen LogP contribution >= 0.6 is 0 Å². The van der Waals surface area contributed by atoms with Gasteiger partial charge in [-0.3, -0.25) is 4.79 Å². The van der Waals surface area contributed by atoms with Crippen LogP contribution in [0, 0.1) is 11.8 Å². The first-order valence-corrected chi connectivity index (χ1v) is 8.46. The van der Waals surface area contributed by atoms with Crippen LogP contribution in [0.2, 0.25) is 0 Å². The lowest BCUT2D eigenvalue weighted by Gasteiger charge is -2.14. The molecule has 24 heavy (non-hydrogen) atoms. The van der Waals surface area contributed by atoms with Gasteiger partial charge in [0.05, 0.1) is 19.1 Å². The minimum absolute atomic E-state index is 0.182. The third kappa shape index (κ3) is 7.64. The predicted octanol–water partition coefficient (Wildman–Crippen LogP) is 4.12. The van der Waals surface area contributed by atoms with Gasteiger partial charge in [-0.05, 0) is 50.3 Å². The number of allylic oxidation sites excluding steroid dienone is 2. The van der Waals surface area contributed by atoms with Crippen molar-refractivity contribution in [1.82, 2.24) is 0 Å². The Balaban J connectivity index is 2.44. The summed E-state index contributed by atoms with van der Waals surface area (Å²) < 4.78 is 10.5. The Hall–Kier alpha value is -1.81. The number of hydrogen-bond donors (Lipinski definition) is 1. The number of aliphatic hydroxyl groups is 1. The van der Waals surface area contributed by atoms with E-state index in [1.807, 2.05) is 38.1 Å². The number of esters is 1. The molecule has 134 valence electrons. The summed E-state index contributed by atoms with van der Waals surface area (Å²) in [7, 11) is 1.62. The van der Waals surface area contributed by atoms with Crippen LogP contribution in [0.1, 0.15) is 46.1 Å². The molecule has 0 unspecified atom stereocenters. The fraction of sp³-hybridized carbons (Fsp3) is 0.550. The van der Waals surface area contributed by atoms with Gasteiger partial charge in [0.1, 0.15) is 12.4 Å². The van der Waals surface area contributed by atoms with Crippen LogP contribution in [0.15, 0.2) is 35.9 Å². The molecule has 1 rings (SSSR count). The van der Waals surface area contributed by atoms with Crippen LogP contribution in [0.25, 0.3) is 0 Å². The average molecular weight is 334 g/mol. The van der Waals surface area contributed by atoms with Crippen molar-refractivity contribution in [2.45, 2.75) is 53.2 Å². The maximum atomic E-state index is 12.1. The van der Waals surface area contributed by atoms with E-state index in [9.17, 15) is 9.90 Å². The molecule has 4 heteroatoms. The summed E-state index contributed by atoms with van der Waals surface area (Å²) in [5, 5.41) is 9.41. The van der Waals surface area contributed by atoms with Gasteiger partial charge in [-0.1, -0.05) is 37.6 Å². The van der Waals surface area contributed by atoms with Gasteiger partial charge in [0.15, 0.2) is 0 Å². The molecule has 0 radical (unpaired) electrons. The monoisotopic (exact) mass is 334 g/mol. The molecule has 0 saturated carbocycles.